The lowest BCUT2D eigenvalue weighted by Gasteiger charge is -2.08. The average Bonchev–Trinajstić information content (AvgIpc) is 2.98. The number of furan rings is 1. The lowest BCUT2D eigenvalue weighted by molar-refractivity contribution is 0.00557. The second-order valence-corrected chi connectivity index (χ2v) is 4.30. The van der Waals surface area contributed by atoms with Crippen molar-refractivity contribution in [1.82, 2.24) is 5.32 Å². The molecule has 1 aromatic rings. The lowest BCUT2D eigenvalue weighted by Crippen LogP contribution is -2.13. The van der Waals surface area contributed by atoms with Crippen molar-refractivity contribution >= 4 is 0 Å². The van der Waals surface area contributed by atoms with Crippen LogP contribution in [0.5, 0.6) is 0 Å². The normalized spacial score (nSPS) is 19.9. The Morgan fingerprint density at radius 2 is 2.29 bits per heavy atom. The van der Waals surface area contributed by atoms with Crippen molar-refractivity contribution in [2.45, 2.75) is 39.0 Å². The summed E-state index contributed by atoms with van der Waals surface area (Å²) in [6.07, 6.45) is 2.55. The molecule has 2 rings (SSSR count). The van der Waals surface area contributed by atoms with E-state index in [0.29, 0.717) is 13.2 Å². The molecule has 1 fully saturated rings. The molecule has 1 atom stereocenters. The standard InChI is InChI=1S/C13H21NO3/c1-2-14-8-11-5-6-13(17-11)10-15-9-12-4-3-7-16-12/h5-6,12,14H,2-4,7-10H2,1H3. The number of hydrogen-bond donors (Lipinski definition) is 1. The zero-order chi connectivity index (χ0) is 11.9. The summed E-state index contributed by atoms with van der Waals surface area (Å²) in [5, 5.41) is 3.22. The summed E-state index contributed by atoms with van der Waals surface area (Å²) in [5.41, 5.74) is 0. The maximum atomic E-state index is 5.62. The number of rotatable bonds is 7. The molecule has 2 heterocycles. The van der Waals surface area contributed by atoms with E-state index in [2.05, 4.69) is 12.2 Å². The van der Waals surface area contributed by atoms with Gasteiger partial charge in [-0.15, -0.1) is 0 Å². The predicted octanol–water partition coefficient (Wildman–Crippen LogP) is 2.08. The summed E-state index contributed by atoms with van der Waals surface area (Å²) in [4.78, 5) is 0. The molecule has 0 bridgehead atoms. The van der Waals surface area contributed by atoms with Crippen molar-refractivity contribution in [3.8, 4) is 0 Å². The highest BCUT2D eigenvalue weighted by Crippen LogP contribution is 2.14. The maximum absolute atomic E-state index is 5.62. The molecule has 96 valence electrons. The monoisotopic (exact) mass is 239 g/mol. The van der Waals surface area contributed by atoms with E-state index in [9.17, 15) is 0 Å². The van der Waals surface area contributed by atoms with Crippen molar-refractivity contribution < 1.29 is 13.9 Å². The predicted molar refractivity (Wildman–Crippen MR) is 64.7 cm³/mol. The Kier molecular flexibility index (Phi) is 5.04. The largest absolute Gasteiger partial charge is 0.462 e. The third kappa shape index (κ3) is 4.15. The van der Waals surface area contributed by atoms with Gasteiger partial charge in [0.2, 0.25) is 0 Å². The highest BCUT2D eigenvalue weighted by Gasteiger charge is 2.15. The van der Waals surface area contributed by atoms with E-state index in [1.54, 1.807) is 0 Å². The fourth-order valence-corrected chi connectivity index (χ4v) is 1.91. The Hall–Kier alpha value is -0.840. The molecule has 1 unspecified atom stereocenters. The van der Waals surface area contributed by atoms with Crippen LogP contribution in [-0.2, 0) is 22.6 Å². The van der Waals surface area contributed by atoms with E-state index in [4.69, 9.17) is 13.9 Å². The average molecular weight is 239 g/mol. The quantitative estimate of drug-likeness (QED) is 0.791. The molecule has 0 aliphatic carbocycles. The Balaban J connectivity index is 1.65. The highest BCUT2D eigenvalue weighted by molar-refractivity contribution is 5.06. The van der Waals surface area contributed by atoms with E-state index < -0.39 is 0 Å². The van der Waals surface area contributed by atoms with Crippen molar-refractivity contribution in [3.63, 3.8) is 0 Å². The summed E-state index contributed by atoms with van der Waals surface area (Å²) < 4.78 is 16.7. The second kappa shape index (κ2) is 6.79. The summed E-state index contributed by atoms with van der Waals surface area (Å²) in [6.45, 7) is 5.89. The van der Waals surface area contributed by atoms with Crippen LogP contribution in [0.2, 0.25) is 0 Å². The Labute approximate surface area is 102 Å². The van der Waals surface area contributed by atoms with Gasteiger partial charge in [0, 0.05) is 6.61 Å². The Bertz CT molecular complexity index is 318. The molecule has 0 radical (unpaired) electrons. The van der Waals surface area contributed by atoms with Gasteiger partial charge in [0.05, 0.1) is 19.3 Å². The molecule has 4 nitrogen and oxygen atoms in total. The van der Waals surface area contributed by atoms with E-state index >= 15 is 0 Å². The number of nitrogens with one attached hydrogen (secondary N) is 1. The first-order chi connectivity index (χ1) is 8.38. The van der Waals surface area contributed by atoms with Gasteiger partial charge >= 0.3 is 0 Å². The van der Waals surface area contributed by atoms with Crippen LogP contribution in [0, 0.1) is 0 Å². The van der Waals surface area contributed by atoms with Gasteiger partial charge in [0.15, 0.2) is 0 Å². The second-order valence-electron chi connectivity index (χ2n) is 4.30. The van der Waals surface area contributed by atoms with Gasteiger partial charge in [-0.3, -0.25) is 0 Å². The Morgan fingerprint density at radius 3 is 3.06 bits per heavy atom. The van der Waals surface area contributed by atoms with Crippen molar-refractivity contribution in [1.29, 1.82) is 0 Å². The van der Waals surface area contributed by atoms with Crippen LogP contribution in [-0.4, -0.2) is 25.9 Å². The van der Waals surface area contributed by atoms with Gasteiger partial charge in [-0.05, 0) is 31.5 Å². The first kappa shape index (κ1) is 12.6. The number of ether oxygens (including phenoxy) is 2. The summed E-state index contributed by atoms with van der Waals surface area (Å²) in [5.74, 6) is 1.85. The van der Waals surface area contributed by atoms with Crippen molar-refractivity contribution in [2.24, 2.45) is 0 Å². The van der Waals surface area contributed by atoms with E-state index in [1.807, 2.05) is 12.1 Å². The summed E-state index contributed by atoms with van der Waals surface area (Å²) >= 11 is 0. The van der Waals surface area contributed by atoms with Crippen LogP contribution < -0.4 is 5.32 Å². The molecule has 1 aromatic heterocycles. The van der Waals surface area contributed by atoms with Crippen LogP contribution in [0.15, 0.2) is 16.5 Å². The Morgan fingerprint density at radius 1 is 1.41 bits per heavy atom. The lowest BCUT2D eigenvalue weighted by atomic mass is 10.2. The van der Waals surface area contributed by atoms with Gasteiger partial charge in [-0.1, -0.05) is 6.92 Å². The first-order valence-corrected chi connectivity index (χ1v) is 6.36. The van der Waals surface area contributed by atoms with Crippen LogP contribution in [0.25, 0.3) is 0 Å². The molecular formula is C13H21NO3. The molecule has 1 saturated heterocycles. The fourth-order valence-electron chi connectivity index (χ4n) is 1.91. The third-order valence-corrected chi connectivity index (χ3v) is 2.84. The van der Waals surface area contributed by atoms with Gasteiger partial charge < -0.3 is 19.2 Å². The molecule has 0 spiro atoms. The summed E-state index contributed by atoms with van der Waals surface area (Å²) in [6, 6.07) is 3.97. The van der Waals surface area contributed by atoms with E-state index in [0.717, 1.165) is 44.1 Å². The minimum atomic E-state index is 0.284. The zero-order valence-electron chi connectivity index (χ0n) is 10.4. The molecular weight excluding hydrogens is 218 g/mol. The van der Waals surface area contributed by atoms with Gasteiger partial charge in [-0.2, -0.15) is 0 Å². The topological polar surface area (TPSA) is 43.6 Å². The minimum Gasteiger partial charge on any atom is -0.462 e. The minimum absolute atomic E-state index is 0.284. The van der Waals surface area contributed by atoms with Crippen LogP contribution in [0.1, 0.15) is 31.3 Å². The number of hydrogen-bond acceptors (Lipinski definition) is 4. The van der Waals surface area contributed by atoms with Crippen LogP contribution in [0.3, 0.4) is 0 Å². The molecule has 1 N–H and O–H groups in total. The molecule has 0 saturated carbocycles. The molecule has 0 aromatic carbocycles. The highest BCUT2D eigenvalue weighted by atomic mass is 16.5. The van der Waals surface area contributed by atoms with Crippen LogP contribution in [0.4, 0.5) is 0 Å². The van der Waals surface area contributed by atoms with Gasteiger partial charge in [-0.25, -0.2) is 0 Å². The van der Waals surface area contributed by atoms with Crippen LogP contribution >= 0.6 is 0 Å². The van der Waals surface area contributed by atoms with Gasteiger partial charge in [0.1, 0.15) is 18.1 Å². The smallest absolute Gasteiger partial charge is 0.129 e. The first-order valence-electron chi connectivity index (χ1n) is 6.36. The van der Waals surface area contributed by atoms with Crippen molar-refractivity contribution in [2.75, 3.05) is 19.8 Å². The molecule has 0 amide bonds. The summed E-state index contributed by atoms with van der Waals surface area (Å²) in [7, 11) is 0. The molecule has 17 heavy (non-hydrogen) atoms. The van der Waals surface area contributed by atoms with E-state index in [-0.39, 0.29) is 6.10 Å². The SMILES string of the molecule is CCNCc1ccc(COCC2CCCO2)o1. The molecule has 1 aliphatic heterocycles. The van der Waals surface area contributed by atoms with Gasteiger partial charge in [0.25, 0.3) is 0 Å². The van der Waals surface area contributed by atoms with E-state index in [1.165, 1.54) is 0 Å². The molecule has 4 heteroatoms. The van der Waals surface area contributed by atoms with Crippen molar-refractivity contribution in [3.05, 3.63) is 23.7 Å². The fraction of sp³-hybridized carbons (Fsp3) is 0.692. The third-order valence-electron chi connectivity index (χ3n) is 2.84. The molecule has 1 aliphatic rings. The zero-order valence-corrected chi connectivity index (χ0v) is 10.4. The maximum Gasteiger partial charge on any atom is 0.129 e.